The molecule has 39 heavy (non-hydrogen) atoms. The molecule has 3 aromatic rings. The highest BCUT2D eigenvalue weighted by molar-refractivity contribution is 5.90. The molecule has 1 fully saturated rings. The number of anilines is 1. The first-order chi connectivity index (χ1) is 18.8. The lowest BCUT2D eigenvalue weighted by molar-refractivity contribution is -0.144. The molecule has 1 atom stereocenters. The lowest BCUT2D eigenvalue weighted by atomic mass is 10.1. The molecule has 2 N–H and O–H groups in total. The molecule has 1 heterocycles. The summed E-state index contributed by atoms with van der Waals surface area (Å²) in [5.74, 6) is -1.10. The van der Waals surface area contributed by atoms with E-state index in [2.05, 4.69) is 31.1 Å². The molecule has 11 heteroatoms. The maximum absolute atomic E-state index is 13.4. The number of urea groups is 1. The van der Waals surface area contributed by atoms with Gasteiger partial charge in [0.25, 0.3) is 0 Å². The number of fused-ring (bicyclic) bond motifs is 1. The van der Waals surface area contributed by atoms with Gasteiger partial charge in [0.2, 0.25) is 0 Å². The van der Waals surface area contributed by atoms with Crippen molar-refractivity contribution in [3.8, 4) is 11.5 Å². The van der Waals surface area contributed by atoms with Gasteiger partial charge in [-0.1, -0.05) is 18.2 Å². The van der Waals surface area contributed by atoms with Crippen molar-refractivity contribution >= 4 is 34.4 Å². The zero-order valence-electron chi connectivity index (χ0n) is 21.7. The number of hydrogen-bond donors (Lipinski definition) is 2. The van der Waals surface area contributed by atoms with Gasteiger partial charge in [-0.05, 0) is 53.1 Å². The van der Waals surface area contributed by atoms with Crippen molar-refractivity contribution in [2.24, 2.45) is 0 Å². The summed E-state index contributed by atoms with van der Waals surface area (Å²) in [6.07, 6.45) is 0.792. The molecule has 206 valence electrons. The van der Waals surface area contributed by atoms with Crippen LogP contribution in [-0.4, -0.2) is 69.4 Å². The molecule has 1 unspecified atom stereocenters. The van der Waals surface area contributed by atoms with Gasteiger partial charge in [0.05, 0.1) is 14.2 Å². The Morgan fingerprint density at radius 2 is 1.59 bits per heavy atom. The second-order valence-corrected chi connectivity index (χ2v) is 9.04. The van der Waals surface area contributed by atoms with Crippen molar-refractivity contribution in [1.29, 1.82) is 0 Å². The number of nitrogens with zero attached hydrogens (tertiary/aromatic N) is 1. The molecule has 0 aromatic heterocycles. The number of rotatable bonds is 10. The van der Waals surface area contributed by atoms with E-state index in [9.17, 15) is 18.8 Å². The van der Waals surface area contributed by atoms with Crippen LogP contribution in [0.15, 0.2) is 54.6 Å². The van der Waals surface area contributed by atoms with Crippen LogP contribution < -0.4 is 20.1 Å². The maximum Gasteiger partial charge on any atom is 0.343 e. The fourth-order valence-corrected chi connectivity index (χ4v) is 4.28. The minimum absolute atomic E-state index is 0.0442. The highest BCUT2D eigenvalue weighted by Crippen LogP contribution is 2.31. The summed E-state index contributed by atoms with van der Waals surface area (Å²) in [6, 6.07) is 14.9. The molecule has 10 nitrogen and oxygen atoms in total. The Hall–Kier alpha value is -4.38. The zero-order valence-corrected chi connectivity index (χ0v) is 21.7. The molecule has 0 aliphatic carbocycles. The van der Waals surface area contributed by atoms with Crippen LogP contribution in [0.3, 0.4) is 0 Å². The summed E-state index contributed by atoms with van der Waals surface area (Å²) in [5, 5.41) is 7.58. The Kier molecular flexibility index (Phi) is 9.16. The number of amides is 2. The van der Waals surface area contributed by atoms with Crippen LogP contribution in [-0.2, 0) is 25.6 Å². The normalized spacial score (nSPS) is 15.0. The molecule has 1 aliphatic rings. The van der Waals surface area contributed by atoms with E-state index in [1.807, 2.05) is 12.1 Å². The highest BCUT2D eigenvalue weighted by atomic mass is 19.1. The zero-order chi connectivity index (χ0) is 27.8. The number of methoxy groups -OCH3 is 2. The van der Waals surface area contributed by atoms with Gasteiger partial charge in [0, 0.05) is 37.4 Å². The van der Waals surface area contributed by atoms with E-state index in [0.29, 0.717) is 12.2 Å². The van der Waals surface area contributed by atoms with Crippen LogP contribution in [0.2, 0.25) is 0 Å². The second kappa shape index (κ2) is 12.9. The van der Waals surface area contributed by atoms with Crippen molar-refractivity contribution in [3.05, 3.63) is 66.0 Å². The van der Waals surface area contributed by atoms with Crippen molar-refractivity contribution in [2.45, 2.75) is 19.0 Å². The van der Waals surface area contributed by atoms with E-state index in [-0.39, 0.29) is 36.6 Å². The van der Waals surface area contributed by atoms with Crippen LogP contribution in [0.5, 0.6) is 11.5 Å². The van der Waals surface area contributed by atoms with E-state index >= 15 is 0 Å². The smallest absolute Gasteiger partial charge is 0.343 e. The number of carbonyl (C=O) groups is 3. The average Bonchev–Trinajstić information content (AvgIpc) is 3.36. The third-order valence-corrected chi connectivity index (χ3v) is 6.23. The fourth-order valence-electron chi connectivity index (χ4n) is 4.28. The van der Waals surface area contributed by atoms with Crippen molar-refractivity contribution in [1.82, 2.24) is 10.2 Å². The summed E-state index contributed by atoms with van der Waals surface area (Å²) in [4.78, 5) is 37.9. The van der Waals surface area contributed by atoms with Crippen LogP contribution >= 0.6 is 0 Å². The number of nitrogens with one attached hydrogen (secondary N) is 2. The van der Waals surface area contributed by atoms with Gasteiger partial charge in [0.1, 0.15) is 5.82 Å². The van der Waals surface area contributed by atoms with E-state index in [1.165, 1.54) is 38.5 Å². The monoisotopic (exact) mass is 539 g/mol. The predicted molar refractivity (Wildman–Crippen MR) is 141 cm³/mol. The van der Waals surface area contributed by atoms with Gasteiger partial charge in [-0.3, -0.25) is 4.90 Å². The standard InChI is InChI=1S/C28H30FN3O7/c1-36-26(33)16-38-24-8-7-22(13-25(24)39-17-27(34)37-2)30-28(35)31-23-9-10-32(15-23)14-18-3-4-20-12-21(29)6-5-19(20)11-18/h3-8,11-13,23H,9-10,14-17H2,1-2H3,(H2,30,31,35). The summed E-state index contributed by atoms with van der Waals surface area (Å²) in [6.45, 7) is 1.49. The molecular weight excluding hydrogens is 509 g/mol. The van der Waals surface area contributed by atoms with E-state index in [0.717, 1.165) is 35.8 Å². The quantitative estimate of drug-likeness (QED) is 0.377. The Bertz CT molecular complexity index is 1350. The van der Waals surface area contributed by atoms with Gasteiger partial charge in [-0.2, -0.15) is 0 Å². The number of esters is 2. The van der Waals surface area contributed by atoms with Crippen molar-refractivity contribution < 1.29 is 37.7 Å². The van der Waals surface area contributed by atoms with Crippen LogP contribution in [0.4, 0.5) is 14.9 Å². The molecule has 4 rings (SSSR count). The first-order valence-corrected chi connectivity index (χ1v) is 12.3. The Morgan fingerprint density at radius 1 is 0.897 bits per heavy atom. The third kappa shape index (κ3) is 7.81. The first kappa shape index (κ1) is 27.6. The van der Waals surface area contributed by atoms with Gasteiger partial charge >= 0.3 is 18.0 Å². The minimum atomic E-state index is -0.603. The van der Waals surface area contributed by atoms with Crippen LogP contribution in [0, 0.1) is 5.82 Å². The summed E-state index contributed by atoms with van der Waals surface area (Å²) >= 11 is 0. The predicted octanol–water partition coefficient (Wildman–Crippen LogP) is 3.48. The van der Waals surface area contributed by atoms with Crippen molar-refractivity contribution in [3.63, 3.8) is 0 Å². The largest absolute Gasteiger partial charge is 0.478 e. The maximum atomic E-state index is 13.4. The summed E-state index contributed by atoms with van der Waals surface area (Å²) < 4.78 is 33.5. The average molecular weight is 540 g/mol. The fraction of sp³-hybridized carbons (Fsp3) is 0.321. The Balaban J connectivity index is 1.32. The number of benzene rings is 3. The number of halogens is 1. The van der Waals surface area contributed by atoms with Gasteiger partial charge < -0.3 is 29.6 Å². The molecule has 1 saturated heterocycles. The lowest BCUT2D eigenvalue weighted by Crippen LogP contribution is -2.39. The SMILES string of the molecule is COC(=O)COc1ccc(NC(=O)NC2CCN(Cc3ccc4cc(F)ccc4c3)C2)cc1OCC(=O)OC. The van der Waals surface area contributed by atoms with Gasteiger partial charge in [0.15, 0.2) is 24.7 Å². The lowest BCUT2D eigenvalue weighted by Gasteiger charge is -2.18. The second-order valence-electron chi connectivity index (χ2n) is 9.04. The molecule has 0 saturated carbocycles. The molecule has 1 aliphatic heterocycles. The van der Waals surface area contributed by atoms with E-state index in [4.69, 9.17) is 9.47 Å². The molecule has 3 aromatic carbocycles. The molecular formula is C28H30FN3O7. The number of carbonyl (C=O) groups excluding carboxylic acids is 3. The third-order valence-electron chi connectivity index (χ3n) is 6.23. The molecule has 2 amide bonds. The Morgan fingerprint density at radius 3 is 2.33 bits per heavy atom. The number of likely N-dealkylation sites (tertiary alicyclic amines) is 1. The Labute approximate surface area is 225 Å². The molecule has 0 radical (unpaired) electrons. The van der Waals surface area contributed by atoms with Gasteiger partial charge in [-0.15, -0.1) is 0 Å². The number of ether oxygens (including phenoxy) is 4. The topological polar surface area (TPSA) is 115 Å². The van der Waals surface area contributed by atoms with Crippen molar-refractivity contribution in [2.75, 3.05) is 45.8 Å². The summed E-state index contributed by atoms with van der Waals surface area (Å²) in [7, 11) is 2.47. The highest BCUT2D eigenvalue weighted by Gasteiger charge is 2.24. The molecule has 0 bridgehead atoms. The van der Waals surface area contributed by atoms with E-state index in [1.54, 1.807) is 12.1 Å². The van der Waals surface area contributed by atoms with Crippen LogP contribution in [0.25, 0.3) is 10.8 Å². The first-order valence-electron chi connectivity index (χ1n) is 12.3. The molecule has 0 spiro atoms. The van der Waals surface area contributed by atoms with Gasteiger partial charge in [-0.25, -0.2) is 18.8 Å². The summed E-state index contributed by atoms with van der Waals surface area (Å²) in [5.41, 5.74) is 1.52. The van der Waals surface area contributed by atoms with Crippen LogP contribution in [0.1, 0.15) is 12.0 Å². The van der Waals surface area contributed by atoms with E-state index < -0.39 is 18.0 Å². The number of hydrogen-bond acceptors (Lipinski definition) is 8. The minimum Gasteiger partial charge on any atom is -0.478 e.